The second kappa shape index (κ2) is 5.02. The Morgan fingerprint density at radius 3 is 2.44 bits per heavy atom. The van der Waals surface area contributed by atoms with Crippen LogP contribution in [0, 0.1) is 5.41 Å². The molecule has 0 aliphatic heterocycles. The lowest BCUT2D eigenvalue weighted by atomic mass is 9.87. The summed E-state index contributed by atoms with van der Waals surface area (Å²) in [6.07, 6.45) is 3.63. The predicted octanol–water partition coefficient (Wildman–Crippen LogP) is 1.05. The van der Waals surface area contributed by atoms with E-state index in [4.69, 9.17) is 0 Å². The van der Waals surface area contributed by atoms with Gasteiger partial charge in [-0.05, 0) is 18.3 Å². The van der Waals surface area contributed by atoms with Crippen molar-refractivity contribution in [1.82, 2.24) is 9.62 Å². The minimum atomic E-state index is -3.06. The van der Waals surface area contributed by atoms with Crippen LogP contribution in [0.5, 0.6) is 0 Å². The van der Waals surface area contributed by atoms with Crippen molar-refractivity contribution in [1.29, 1.82) is 0 Å². The summed E-state index contributed by atoms with van der Waals surface area (Å²) in [6, 6.07) is 0.463. The molecular weight excluding hydrogens is 224 g/mol. The van der Waals surface area contributed by atoms with E-state index in [9.17, 15) is 8.42 Å². The second-order valence-electron chi connectivity index (χ2n) is 5.49. The third kappa shape index (κ3) is 3.43. The van der Waals surface area contributed by atoms with Gasteiger partial charge in [-0.2, -0.15) is 0 Å². The summed E-state index contributed by atoms with van der Waals surface area (Å²) >= 11 is 0. The Balaban J connectivity index is 2.37. The molecule has 1 saturated carbocycles. The van der Waals surface area contributed by atoms with E-state index in [1.165, 1.54) is 17.1 Å². The molecule has 0 aromatic heterocycles. The molecule has 96 valence electrons. The maximum Gasteiger partial charge on any atom is 0.214 e. The molecule has 0 spiro atoms. The summed E-state index contributed by atoms with van der Waals surface area (Å²) in [6.45, 7) is 5.05. The number of hydrogen-bond donors (Lipinski definition) is 1. The Labute approximate surface area is 99.5 Å². The van der Waals surface area contributed by atoms with E-state index in [0.717, 1.165) is 6.42 Å². The monoisotopic (exact) mass is 248 g/mol. The van der Waals surface area contributed by atoms with Gasteiger partial charge in [0.05, 0.1) is 5.75 Å². The van der Waals surface area contributed by atoms with Gasteiger partial charge in [0.25, 0.3) is 0 Å². The highest BCUT2D eigenvalue weighted by Crippen LogP contribution is 2.36. The average molecular weight is 248 g/mol. The van der Waals surface area contributed by atoms with Gasteiger partial charge in [0.1, 0.15) is 0 Å². The maximum absolute atomic E-state index is 11.6. The molecule has 0 bridgehead atoms. The molecule has 1 fully saturated rings. The molecule has 1 unspecified atom stereocenters. The molecule has 1 aliphatic carbocycles. The van der Waals surface area contributed by atoms with Gasteiger partial charge in [-0.25, -0.2) is 12.7 Å². The summed E-state index contributed by atoms with van der Waals surface area (Å²) < 4.78 is 24.4. The Hall–Kier alpha value is -0.130. The van der Waals surface area contributed by atoms with Crippen molar-refractivity contribution >= 4 is 10.0 Å². The first-order valence-electron chi connectivity index (χ1n) is 5.89. The standard InChI is InChI=1S/C11H24N2O2S/c1-11(2)7-5-6-10(11)12-8-9-16(14,15)13(3)4/h10,12H,5-9H2,1-4H3. The molecule has 1 rings (SSSR count). The van der Waals surface area contributed by atoms with Crippen molar-refractivity contribution in [2.75, 3.05) is 26.4 Å². The van der Waals surface area contributed by atoms with Crippen LogP contribution in [0.4, 0.5) is 0 Å². The van der Waals surface area contributed by atoms with Gasteiger partial charge in [-0.1, -0.05) is 20.3 Å². The lowest BCUT2D eigenvalue weighted by Gasteiger charge is -2.28. The number of rotatable bonds is 5. The lowest BCUT2D eigenvalue weighted by Crippen LogP contribution is -2.41. The van der Waals surface area contributed by atoms with Gasteiger partial charge >= 0.3 is 0 Å². The third-order valence-corrected chi connectivity index (χ3v) is 5.40. The fourth-order valence-corrected chi connectivity index (χ4v) is 2.99. The summed E-state index contributed by atoms with van der Waals surface area (Å²) in [5.41, 5.74) is 0.307. The van der Waals surface area contributed by atoms with Crippen molar-refractivity contribution < 1.29 is 8.42 Å². The fourth-order valence-electron chi connectivity index (χ4n) is 2.25. The zero-order valence-electron chi connectivity index (χ0n) is 10.8. The summed E-state index contributed by atoms with van der Waals surface area (Å²) in [5.74, 6) is 0.187. The molecule has 0 aromatic rings. The van der Waals surface area contributed by atoms with Crippen LogP contribution in [0.3, 0.4) is 0 Å². The molecule has 0 radical (unpaired) electrons. The van der Waals surface area contributed by atoms with E-state index in [2.05, 4.69) is 19.2 Å². The van der Waals surface area contributed by atoms with Gasteiger partial charge in [0.2, 0.25) is 10.0 Å². The summed E-state index contributed by atoms with van der Waals surface area (Å²) in [7, 11) is 0.100. The van der Waals surface area contributed by atoms with E-state index in [-0.39, 0.29) is 5.75 Å². The van der Waals surface area contributed by atoms with Crippen LogP contribution in [0.25, 0.3) is 0 Å². The number of sulfonamides is 1. The first-order chi connectivity index (χ1) is 7.26. The molecule has 0 heterocycles. The lowest BCUT2D eigenvalue weighted by molar-refractivity contribution is 0.288. The quantitative estimate of drug-likeness (QED) is 0.791. The van der Waals surface area contributed by atoms with Crippen LogP contribution in [-0.2, 0) is 10.0 Å². The molecule has 0 aromatic carbocycles. The van der Waals surface area contributed by atoms with Gasteiger partial charge < -0.3 is 5.32 Å². The minimum absolute atomic E-state index is 0.187. The highest BCUT2D eigenvalue weighted by Gasteiger charge is 2.33. The normalized spacial score (nSPS) is 25.2. The molecule has 4 nitrogen and oxygen atoms in total. The zero-order valence-corrected chi connectivity index (χ0v) is 11.6. The van der Waals surface area contributed by atoms with Crippen molar-refractivity contribution in [3.63, 3.8) is 0 Å². The van der Waals surface area contributed by atoms with Crippen molar-refractivity contribution in [3.8, 4) is 0 Å². The van der Waals surface area contributed by atoms with Crippen LogP contribution in [0.2, 0.25) is 0 Å². The number of hydrogen-bond acceptors (Lipinski definition) is 3. The SMILES string of the molecule is CN(C)S(=O)(=O)CCNC1CCCC1(C)C. The fraction of sp³-hybridized carbons (Fsp3) is 1.00. The van der Waals surface area contributed by atoms with E-state index in [1.807, 2.05) is 0 Å². The molecule has 1 N–H and O–H groups in total. The Morgan fingerprint density at radius 1 is 1.38 bits per heavy atom. The third-order valence-electron chi connectivity index (χ3n) is 3.56. The van der Waals surface area contributed by atoms with Gasteiger partial charge in [0, 0.05) is 26.7 Å². The van der Waals surface area contributed by atoms with Crippen LogP contribution in [0.1, 0.15) is 33.1 Å². The van der Waals surface area contributed by atoms with Crippen molar-refractivity contribution in [2.24, 2.45) is 5.41 Å². The first kappa shape index (κ1) is 13.9. The first-order valence-corrected chi connectivity index (χ1v) is 7.50. The van der Waals surface area contributed by atoms with Crippen LogP contribution < -0.4 is 5.32 Å². The highest BCUT2D eigenvalue weighted by molar-refractivity contribution is 7.89. The van der Waals surface area contributed by atoms with Gasteiger partial charge in [-0.15, -0.1) is 0 Å². The minimum Gasteiger partial charge on any atom is -0.312 e. The van der Waals surface area contributed by atoms with E-state index >= 15 is 0 Å². The second-order valence-corrected chi connectivity index (χ2v) is 7.79. The Morgan fingerprint density at radius 2 is 2.00 bits per heavy atom. The summed E-state index contributed by atoms with van der Waals surface area (Å²) in [4.78, 5) is 0. The van der Waals surface area contributed by atoms with E-state index < -0.39 is 10.0 Å². The predicted molar refractivity (Wildman–Crippen MR) is 66.9 cm³/mol. The van der Waals surface area contributed by atoms with Gasteiger partial charge in [-0.3, -0.25) is 0 Å². The number of nitrogens with zero attached hydrogens (tertiary/aromatic N) is 1. The summed E-state index contributed by atoms with van der Waals surface area (Å²) in [5, 5.41) is 3.38. The van der Waals surface area contributed by atoms with Crippen LogP contribution in [-0.4, -0.2) is 45.2 Å². The molecule has 0 amide bonds. The van der Waals surface area contributed by atoms with Crippen molar-refractivity contribution in [2.45, 2.75) is 39.2 Å². The van der Waals surface area contributed by atoms with Crippen LogP contribution >= 0.6 is 0 Å². The average Bonchev–Trinajstić information content (AvgIpc) is 2.45. The topological polar surface area (TPSA) is 49.4 Å². The van der Waals surface area contributed by atoms with Crippen molar-refractivity contribution in [3.05, 3.63) is 0 Å². The Kier molecular flexibility index (Phi) is 4.37. The highest BCUT2D eigenvalue weighted by atomic mass is 32.2. The van der Waals surface area contributed by atoms with E-state index in [0.29, 0.717) is 18.0 Å². The zero-order chi connectivity index (χ0) is 12.4. The molecule has 1 atom stereocenters. The number of nitrogens with one attached hydrogen (secondary N) is 1. The molecule has 5 heteroatoms. The smallest absolute Gasteiger partial charge is 0.214 e. The van der Waals surface area contributed by atoms with Gasteiger partial charge in [0.15, 0.2) is 0 Å². The molecular formula is C11H24N2O2S. The van der Waals surface area contributed by atoms with Crippen LogP contribution in [0.15, 0.2) is 0 Å². The van der Waals surface area contributed by atoms with E-state index in [1.54, 1.807) is 14.1 Å². The molecule has 16 heavy (non-hydrogen) atoms. The maximum atomic E-state index is 11.6. The largest absolute Gasteiger partial charge is 0.312 e. The molecule has 0 saturated heterocycles. The Bertz CT molecular complexity index is 323. The molecule has 1 aliphatic rings.